The van der Waals surface area contributed by atoms with Gasteiger partial charge in [-0.25, -0.2) is 9.97 Å². The zero-order chi connectivity index (χ0) is 26.8. The molecule has 0 atom stereocenters. The van der Waals surface area contributed by atoms with Crippen molar-refractivity contribution < 1.29 is 0 Å². The Balaban J connectivity index is 1.32. The van der Waals surface area contributed by atoms with Gasteiger partial charge in [0.05, 0.1) is 33.5 Å². The predicted molar refractivity (Wildman–Crippen MR) is 165 cm³/mol. The highest BCUT2D eigenvalue weighted by molar-refractivity contribution is 6.06. The molecule has 0 aliphatic carbocycles. The van der Waals surface area contributed by atoms with Crippen molar-refractivity contribution in [3.05, 3.63) is 121 Å². The summed E-state index contributed by atoms with van der Waals surface area (Å²) in [5.41, 5.74) is 9.74. The molecule has 0 N–H and O–H groups in total. The molecule has 4 heterocycles. The minimum atomic E-state index is 0.928. The zero-order valence-electron chi connectivity index (χ0n) is 22.2. The standard InChI is InChI=1S/C36H24N4/c1-21-6-8-24-11-13-26-16-18-31(39-35(26)33(24)37-21)28-15-10-23-4-3-5-29(30(23)20-28)32-19-17-27-14-12-25-9-7-22(2)38-34(25)36(27)40-32/h3-20H,1-2H3. The number of hydrogen-bond donors (Lipinski definition) is 0. The van der Waals surface area contributed by atoms with Crippen LogP contribution in [0.3, 0.4) is 0 Å². The summed E-state index contributed by atoms with van der Waals surface area (Å²) in [7, 11) is 0. The molecule has 0 aliphatic heterocycles. The highest BCUT2D eigenvalue weighted by Gasteiger charge is 2.12. The molecule has 40 heavy (non-hydrogen) atoms. The molecule has 4 nitrogen and oxygen atoms in total. The lowest BCUT2D eigenvalue weighted by Crippen LogP contribution is -1.92. The van der Waals surface area contributed by atoms with Gasteiger partial charge < -0.3 is 0 Å². The molecule has 0 bridgehead atoms. The Morgan fingerprint density at radius 2 is 0.875 bits per heavy atom. The quantitative estimate of drug-likeness (QED) is 0.217. The molecule has 0 unspecified atom stereocenters. The van der Waals surface area contributed by atoms with E-state index in [1.807, 2.05) is 26.0 Å². The van der Waals surface area contributed by atoms with E-state index in [0.29, 0.717) is 0 Å². The van der Waals surface area contributed by atoms with Crippen LogP contribution in [0.25, 0.3) is 76.9 Å². The largest absolute Gasteiger partial charge is 0.251 e. The molecular weight excluding hydrogens is 488 g/mol. The summed E-state index contributed by atoms with van der Waals surface area (Å²) < 4.78 is 0. The lowest BCUT2D eigenvalue weighted by Gasteiger charge is -2.11. The maximum absolute atomic E-state index is 5.16. The summed E-state index contributed by atoms with van der Waals surface area (Å²) in [4.78, 5) is 19.9. The van der Waals surface area contributed by atoms with Crippen molar-refractivity contribution in [2.24, 2.45) is 0 Å². The van der Waals surface area contributed by atoms with Gasteiger partial charge in [-0.1, -0.05) is 78.9 Å². The third-order valence-electron chi connectivity index (χ3n) is 7.77. The maximum Gasteiger partial charge on any atom is 0.0972 e. The normalized spacial score (nSPS) is 11.8. The molecule has 8 aromatic rings. The molecule has 4 aromatic carbocycles. The second-order valence-electron chi connectivity index (χ2n) is 10.5. The average Bonchev–Trinajstić information content (AvgIpc) is 3.00. The lowest BCUT2D eigenvalue weighted by molar-refractivity contribution is 1.25. The SMILES string of the molecule is Cc1ccc2ccc3ccc(-c4ccc5cccc(-c6ccc7ccc8ccc(C)nc8c7n6)c5c4)nc3c2n1. The van der Waals surface area contributed by atoms with E-state index < -0.39 is 0 Å². The summed E-state index contributed by atoms with van der Waals surface area (Å²) in [6, 6.07) is 38.3. The summed E-state index contributed by atoms with van der Waals surface area (Å²) in [5.74, 6) is 0. The number of aromatic nitrogens is 4. The Morgan fingerprint density at radius 3 is 1.50 bits per heavy atom. The zero-order valence-corrected chi connectivity index (χ0v) is 22.2. The first-order chi connectivity index (χ1) is 19.6. The predicted octanol–water partition coefficient (Wildman–Crippen LogP) is 8.98. The van der Waals surface area contributed by atoms with Crippen LogP contribution in [0.5, 0.6) is 0 Å². The number of pyridine rings is 4. The molecule has 0 aliphatic rings. The highest BCUT2D eigenvalue weighted by atomic mass is 14.8. The number of fused-ring (bicyclic) bond motifs is 7. The lowest BCUT2D eigenvalue weighted by atomic mass is 9.97. The number of rotatable bonds is 2. The molecule has 0 radical (unpaired) electrons. The topological polar surface area (TPSA) is 51.6 Å². The van der Waals surface area contributed by atoms with E-state index in [1.165, 1.54) is 5.39 Å². The Hall–Kier alpha value is -5.22. The van der Waals surface area contributed by atoms with Gasteiger partial charge in [0, 0.05) is 44.1 Å². The van der Waals surface area contributed by atoms with E-state index >= 15 is 0 Å². The van der Waals surface area contributed by atoms with Crippen LogP contribution < -0.4 is 0 Å². The van der Waals surface area contributed by atoms with Gasteiger partial charge in [-0.05, 0) is 55.0 Å². The van der Waals surface area contributed by atoms with Crippen LogP contribution >= 0.6 is 0 Å². The van der Waals surface area contributed by atoms with Crippen LogP contribution in [-0.2, 0) is 0 Å². The van der Waals surface area contributed by atoms with Crippen LogP contribution in [0.2, 0.25) is 0 Å². The van der Waals surface area contributed by atoms with Gasteiger partial charge >= 0.3 is 0 Å². The maximum atomic E-state index is 5.16. The second-order valence-corrected chi connectivity index (χ2v) is 10.5. The van der Waals surface area contributed by atoms with Crippen molar-refractivity contribution in [3.63, 3.8) is 0 Å². The molecule has 0 spiro atoms. The van der Waals surface area contributed by atoms with E-state index in [-0.39, 0.29) is 0 Å². The molecule has 4 heteroatoms. The second kappa shape index (κ2) is 8.65. The van der Waals surface area contributed by atoms with Gasteiger partial charge in [0.25, 0.3) is 0 Å². The van der Waals surface area contributed by atoms with Gasteiger partial charge in [0.1, 0.15) is 0 Å². The molecule has 188 valence electrons. The van der Waals surface area contributed by atoms with Crippen LogP contribution in [-0.4, -0.2) is 19.9 Å². The Bertz CT molecular complexity index is 2300. The van der Waals surface area contributed by atoms with E-state index in [0.717, 1.165) is 82.9 Å². The average molecular weight is 513 g/mol. The van der Waals surface area contributed by atoms with E-state index in [1.54, 1.807) is 0 Å². The first-order valence-electron chi connectivity index (χ1n) is 13.5. The van der Waals surface area contributed by atoms with E-state index in [9.17, 15) is 0 Å². The highest BCUT2D eigenvalue weighted by Crippen LogP contribution is 2.34. The monoisotopic (exact) mass is 512 g/mol. The molecule has 8 rings (SSSR count). The first-order valence-corrected chi connectivity index (χ1v) is 13.5. The van der Waals surface area contributed by atoms with Gasteiger partial charge in [-0.3, -0.25) is 9.97 Å². The number of nitrogens with zero attached hydrogens (tertiary/aromatic N) is 4. The Labute approximate surface area is 231 Å². The molecule has 0 saturated carbocycles. The fourth-order valence-electron chi connectivity index (χ4n) is 5.70. The van der Waals surface area contributed by atoms with Crippen molar-refractivity contribution in [1.29, 1.82) is 0 Å². The summed E-state index contributed by atoms with van der Waals surface area (Å²) in [5, 5.41) is 6.69. The summed E-state index contributed by atoms with van der Waals surface area (Å²) in [6.07, 6.45) is 0. The third-order valence-corrected chi connectivity index (χ3v) is 7.77. The fraction of sp³-hybridized carbons (Fsp3) is 0.0556. The van der Waals surface area contributed by atoms with Crippen molar-refractivity contribution in [2.75, 3.05) is 0 Å². The minimum absolute atomic E-state index is 0.928. The fourth-order valence-corrected chi connectivity index (χ4v) is 5.70. The van der Waals surface area contributed by atoms with Crippen LogP contribution in [0, 0.1) is 13.8 Å². The smallest absolute Gasteiger partial charge is 0.0972 e. The molecular formula is C36H24N4. The number of hydrogen-bond acceptors (Lipinski definition) is 4. The van der Waals surface area contributed by atoms with Crippen molar-refractivity contribution in [2.45, 2.75) is 13.8 Å². The Kier molecular flexibility index (Phi) is 4.92. The molecule has 0 fully saturated rings. The Morgan fingerprint density at radius 1 is 0.400 bits per heavy atom. The van der Waals surface area contributed by atoms with Gasteiger partial charge in [0.2, 0.25) is 0 Å². The first kappa shape index (κ1) is 22.7. The molecule has 0 amide bonds. The summed E-state index contributed by atoms with van der Waals surface area (Å²) >= 11 is 0. The van der Waals surface area contributed by atoms with Crippen LogP contribution in [0.15, 0.2) is 109 Å². The van der Waals surface area contributed by atoms with Gasteiger partial charge in [0.15, 0.2) is 0 Å². The number of benzene rings is 4. The third kappa shape index (κ3) is 3.61. The van der Waals surface area contributed by atoms with E-state index in [4.69, 9.17) is 19.9 Å². The van der Waals surface area contributed by atoms with Crippen molar-refractivity contribution in [3.8, 4) is 22.5 Å². The van der Waals surface area contributed by atoms with Crippen molar-refractivity contribution >= 4 is 54.4 Å². The van der Waals surface area contributed by atoms with Crippen molar-refractivity contribution in [1.82, 2.24) is 19.9 Å². The van der Waals surface area contributed by atoms with Crippen LogP contribution in [0.1, 0.15) is 11.4 Å². The number of aryl methyl sites for hydroxylation is 2. The van der Waals surface area contributed by atoms with E-state index in [2.05, 4.69) is 97.1 Å². The molecule has 4 aromatic heterocycles. The van der Waals surface area contributed by atoms with Gasteiger partial charge in [-0.15, -0.1) is 0 Å². The summed E-state index contributed by atoms with van der Waals surface area (Å²) in [6.45, 7) is 4.04. The van der Waals surface area contributed by atoms with Gasteiger partial charge in [-0.2, -0.15) is 0 Å². The minimum Gasteiger partial charge on any atom is -0.251 e. The van der Waals surface area contributed by atoms with Crippen LogP contribution in [0.4, 0.5) is 0 Å². The molecule has 0 saturated heterocycles.